The largest absolute Gasteiger partial charge is 0.289 e. The Kier molecular flexibility index (Phi) is 3.40. The van der Waals surface area contributed by atoms with Crippen molar-refractivity contribution in [1.82, 2.24) is 9.34 Å². The van der Waals surface area contributed by atoms with Crippen LogP contribution in [0.25, 0.3) is 0 Å². The molecule has 0 unspecified atom stereocenters. The van der Waals surface area contributed by atoms with Gasteiger partial charge in [-0.1, -0.05) is 6.07 Å². The topological polar surface area (TPSA) is 66.2 Å². The minimum absolute atomic E-state index is 0.147. The van der Waals surface area contributed by atoms with Crippen LogP contribution in [0.15, 0.2) is 18.2 Å². The van der Waals surface area contributed by atoms with E-state index in [0.29, 0.717) is 18.1 Å². The van der Waals surface area contributed by atoms with Crippen molar-refractivity contribution < 1.29 is 9.49 Å². The molecule has 0 atom stereocenters. The summed E-state index contributed by atoms with van der Waals surface area (Å²) in [6.45, 7) is 5.50. The Morgan fingerprint density at radius 3 is 2.30 bits per heavy atom. The minimum Gasteiger partial charge on any atom is -0.289 e. The van der Waals surface area contributed by atoms with E-state index in [4.69, 9.17) is 0 Å². The number of aryl methyl sites for hydroxylation is 2. The first-order valence-electron chi connectivity index (χ1n) is 6.84. The Morgan fingerprint density at radius 1 is 1.25 bits per heavy atom. The zero-order valence-corrected chi connectivity index (χ0v) is 12.4. The van der Waals surface area contributed by atoms with Gasteiger partial charge in [-0.25, -0.2) is 9.34 Å². The van der Waals surface area contributed by atoms with E-state index in [9.17, 15) is 14.7 Å². The van der Waals surface area contributed by atoms with E-state index < -0.39 is 7.44 Å². The van der Waals surface area contributed by atoms with Gasteiger partial charge in [-0.05, 0) is 25.0 Å². The van der Waals surface area contributed by atoms with Gasteiger partial charge in [0.2, 0.25) is 7.44 Å². The van der Waals surface area contributed by atoms with Crippen LogP contribution in [0.2, 0.25) is 0 Å². The van der Waals surface area contributed by atoms with Crippen LogP contribution in [-0.2, 0) is 11.0 Å². The molecule has 3 rings (SSSR count). The van der Waals surface area contributed by atoms with Crippen molar-refractivity contribution in [1.29, 1.82) is 0 Å². The van der Waals surface area contributed by atoms with Crippen molar-refractivity contribution in [3.8, 4) is 0 Å². The maximum absolute atomic E-state index is 12.9. The normalized spacial score (nSPS) is 19.1. The molecule has 6 nitrogen and oxygen atoms in total. The Balaban J connectivity index is 1.70. The third-order valence-corrected chi connectivity index (χ3v) is 7.25. The van der Waals surface area contributed by atoms with E-state index >= 15 is 0 Å². The van der Waals surface area contributed by atoms with Gasteiger partial charge in [0.05, 0.1) is 4.92 Å². The monoisotopic (exact) mass is 295 g/mol. The van der Waals surface area contributed by atoms with E-state index in [-0.39, 0.29) is 10.6 Å². The third kappa shape index (κ3) is 2.64. The van der Waals surface area contributed by atoms with Crippen LogP contribution < -0.4 is 0 Å². The minimum atomic E-state index is -2.32. The average Bonchev–Trinajstić information content (AvgIpc) is 3.28. The molecule has 2 fully saturated rings. The lowest BCUT2D eigenvalue weighted by molar-refractivity contribution is -0.385. The summed E-state index contributed by atoms with van der Waals surface area (Å²) in [5, 5.41) is 10.8. The highest BCUT2D eigenvalue weighted by Gasteiger charge is 2.46. The number of hydrogen-bond acceptors (Lipinski definition) is 3. The predicted molar refractivity (Wildman–Crippen MR) is 77.2 cm³/mol. The van der Waals surface area contributed by atoms with Crippen LogP contribution in [0.5, 0.6) is 0 Å². The van der Waals surface area contributed by atoms with Crippen LogP contribution in [0.1, 0.15) is 11.1 Å². The zero-order chi connectivity index (χ0) is 14.3. The maximum atomic E-state index is 12.9. The molecule has 108 valence electrons. The second-order valence-corrected chi connectivity index (χ2v) is 8.33. The van der Waals surface area contributed by atoms with Gasteiger partial charge in [0.25, 0.3) is 5.69 Å². The lowest BCUT2D eigenvalue weighted by atomic mass is 10.1. The second kappa shape index (κ2) is 4.95. The van der Waals surface area contributed by atoms with Crippen LogP contribution in [0.3, 0.4) is 0 Å². The van der Waals surface area contributed by atoms with Crippen molar-refractivity contribution in [3.63, 3.8) is 0 Å². The SMILES string of the molecule is Cc1cc(CCP(=O)(N2CC2)N2CC2)ccc1[N+](=O)[O-]. The molecule has 2 aliphatic rings. The van der Waals surface area contributed by atoms with Gasteiger partial charge in [-0.2, -0.15) is 0 Å². The first-order valence-corrected chi connectivity index (χ1v) is 8.64. The van der Waals surface area contributed by atoms with Crippen molar-refractivity contribution in [2.75, 3.05) is 32.3 Å². The molecule has 0 bridgehead atoms. The number of rotatable bonds is 6. The first kappa shape index (κ1) is 13.7. The van der Waals surface area contributed by atoms with Gasteiger partial charge in [-0.3, -0.25) is 14.7 Å². The molecule has 7 heteroatoms. The molecule has 0 spiro atoms. The van der Waals surface area contributed by atoms with E-state index in [2.05, 4.69) is 9.34 Å². The molecule has 2 heterocycles. The number of nitro groups is 1. The summed E-state index contributed by atoms with van der Waals surface area (Å²) in [4.78, 5) is 10.4. The van der Waals surface area contributed by atoms with Gasteiger partial charge in [0.15, 0.2) is 0 Å². The molecule has 20 heavy (non-hydrogen) atoms. The van der Waals surface area contributed by atoms with Crippen LogP contribution in [0, 0.1) is 17.0 Å². The molecular formula is C13H18N3O3P. The van der Waals surface area contributed by atoms with E-state index in [0.717, 1.165) is 31.7 Å². The molecule has 2 aliphatic heterocycles. The fourth-order valence-electron chi connectivity index (χ4n) is 2.53. The smallest absolute Gasteiger partial charge is 0.272 e. The quantitative estimate of drug-likeness (QED) is 0.348. The molecule has 0 radical (unpaired) electrons. The van der Waals surface area contributed by atoms with E-state index in [1.165, 1.54) is 0 Å². The van der Waals surface area contributed by atoms with Crippen LogP contribution in [0.4, 0.5) is 5.69 Å². The Bertz CT molecular complexity index is 581. The molecule has 0 N–H and O–H groups in total. The van der Waals surface area contributed by atoms with Crippen LogP contribution >= 0.6 is 7.44 Å². The summed E-state index contributed by atoms with van der Waals surface area (Å²) < 4.78 is 17.1. The summed E-state index contributed by atoms with van der Waals surface area (Å²) in [7, 11) is -2.32. The first-order chi connectivity index (χ1) is 9.50. The summed E-state index contributed by atoms with van der Waals surface area (Å²) in [5.74, 6) is 0. The summed E-state index contributed by atoms with van der Waals surface area (Å²) in [6.07, 6.45) is 1.35. The standard InChI is InChI=1S/C13H18N3O3P/c1-11-10-12(2-3-13(11)16(17)18)4-9-20(19,14-5-6-14)15-7-8-15/h2-3,10H,4-9H2,1H3. The molecule has 0 saturated carbocycles. The molecule has 0 aliphatic carbocycles. The zero-order valence-electron chi connectivity index (χ0n) is 11.5. The highest BCUT2D eigenvalue weighted by atomic mass is 31.2. The van der Waals surface area contributed by atoms with Crippen molar-refractivity contribution in [2.45, 2.75) is 13.3 Å². The molecule has 1 aromatic rings. The van der Waals surface area contributed by atoms with Gasteiger partial charge in [-0.15, -0.1) is 0 Å². The molecule has 2 saturated heterocycles. The van der Waals surface area contributed by atoms with Gasteiger partial charge in [0.1, 0.15) is 0 Å². The number of nitro benzene ring substituents is 1. The predicted octanol–water partition coefficient (Wildman–Crippen LogP) is 2.27. The van der Waals surface area contributed by atoms with Crippen molar-refractivity contribution in [3.05, 3.63) is 39.4 Å². The highest BCUT2D eigenvalue weighted by Crippen LogP contribution is 2.60. The third-order valence-electron chi connectivity index (χ3n) is 3.88. The second-order valence-electron chi connectivity index (χ2n) is 5.42. The van der Waals surface area contributed by atoms with Crippen LogP contribution in [-0.4, -0.2) is 46.6 Å². The maximum Gasteiger partial charge on any atom is 0.272 e. The molecule has 0 amide bonds. The van der Waals surface area contributed by atoms with Gasteiger partial charge >= 0.3 is 0 Å². The van der Waals surface area contributed by atoms with E-state index in [1.54, 1.807) is 19.1 Å². The highest BCUT2D eigenvalue weighted by molar-refractivity contribution is 7.59. The number of nitrogens with zero attached hydrogens (tertiary/aromatic N) is 3. The Morgan fingerprint density at radius 2 is 1.85 bits per heavy atom. The van der Waals surface area contributed by atoms with Crippen molar-refractivity contribution in [2.24, 2.45) is 0 Å². The van der Waals surface area contributed by atoms with Gasteiger partial charge < -0.3 is 0 Å². The lowest BCUT2D eigenvalue weighted by Gasteiger charge is -2.20. The number of benzene rings is 1. The molecule has 0 aromatic heterocycles. The fourth-order valence-corrected chi connectivity index (χ4v) is 5.43. The molecular weight excluding hydrogens is 277 g/mol. The summed E-state index contributed by atoms with van der Waals surface area (Å²) in [5.41, 5.74) is 1.84. The lowest BCUT2D eigenvalue weighted by Crippen LogP contribution is -2.10. The average molecular weight is 295 g/mol. The fraction of sp³-hybridized carbons (Fsp3) is 0.538. The van der Waals surface area contributed by atoms with E-state index in [1.807, 2.05) is 6.07 Å². The summed E-state index contributed by atoms with van der Waals surface area (Å²) in [6, 6.07) is 5.16. The van der Waals surface area contributed by atoms with Gasteiger partial charge in [0, 0.05) is 44.0 Å². The Labute approximate surface area is 118 Å². The molecule has 1 aromatic carbocycles. The Hall–Kier alpha value is -1.23. The number of hydrogen-bond donors (Lipinski definition) is 0. The summed E-state index contributed by atoms with van der Waals surface area (Å²) >= 11 is 0. The van der Waals surface area contributed by atoms with Crippen molar-refractivity contribution >= 4 is 13.1 Å².